The normalized spacial score (nSPS) is 20.2. The zero-order valence-corrected chi connectivity index (χ0v) is 27.2. The van der Waals surface area contributed by atoms with E-state index in [-0.39, 0.29) is 19.0 Å². The summed E-state index contributed by atoms with van der Waals surface area (Å²) in [5.74, 6) is -6.01. The van der Waals surface area contributed by atoms with Gasteiger partial charge in [-0.1, -0.05) is 48.5 Å². The van der Waals surface area contributed by atoms with Crippen LogP contribution in [0.25, 0.3) is 0 Å². The summed E-state index contributed by atoms with van der Waals surface area (Å²) in [6.45, 7) is 1.49. The number of alkyl halides is 6. The highest BCUT2D eigenvalue weighted by molar-refractivity contribution is 6.20. The lowest BCUT2D eigenvalue weighted by Gasteiger charge is -2.29. The first-order valence-corrected chi connectivity index (χ1v) is 15.9. The number of benzodiazepines with no additional fused rings is 1. The van der Waals surface area contributed by atoms with Crippen molar-refractivity contribution in [2.24, 2.45) is 16.8 Å². The molecule has 14 heteroatoms. The zero-order valence-electron chi connectivity index (χ0n) is 27.2. The van der Waals surface area contributed by atoms with Gasteiger partial charge in [0, 0.05) is 68.4 Å². The Morgan fingerprint density at radius 2 is 1.54 bits per heavy atom. The van der Waals surface area contributed by atoms with E-state index >= 15 is 0 Å². The van der Waals surface area contributed by atoms with Crippen LogP contribution in [0.1, 0.15) is 49.7 Å². The smallest absolute Gasteiger partial charge is 0.326 e. The van der Waals surface area contributed by atoms with Gasteiger partial charge in [-0.15, -0.1) is 0 Å². The number of hydrogen-bond acceptors (Lipinski definition) is 6. The third-order valence-corrected chi connectivity index (χ3v) is 9.04. The van der Waals surface area contributed by atoms with Gasteiger partial charge in [-0.05, 0) is 46.0 Å². The number of carbonyl (C=O) groups excluding carboxylic acids is 3. The molecule has 4 rings (SSSR count). The molecule has 0 aromatic heterocycles. The van der Waals surface area contributed by atoms with E-state index in [1.165, 1.54) is 11.9 Å². The van der Waals surface area contributed by atoms with E-state index in [9.17, 15) is 40.7 Å². The lowest BCUT2D eigenvalue weighted by atomic mass is 9.80. The van der Waals surface area contributed by atoms with E-state index in [4.69, 9.17) is 0 Å². The molecular formula is C34H41F6N5O3. The number of benzene rings is 2. The van der Waals surface area contributed by atoms with E-state index in [1.807, 2.05) is 23.9 Å². The average Bonchev–Trinajstić information content (AvgIpc) is 3.48. The number of likely N-dealkylation sites (tertiary alicyclic amines) is 1. The van der Waals surface area contributed by atoms with Crippen LogP contribution < -0.4 is 10.2 Å². The first kappa shape index (κ1) is 37.0. The lowest BCUT2D eigenvalue weighted by Crippen LogP contribution is -2.49. The van der Waals surface area contributed by atoms with Crippen molar-refractivity contribution < 1.29 is 40.7 Å². The molecule has 2 aromatic rings. The van der Waals surface area contributed by atoms with E-state index in [0.717, 1.165) is 6.42 Å². The summed E-state index contributed by atoms with van der Waals surface area (Å²) in [4.78, 5) is 50.9. The number of nitrogens with zero attached hydrogens (tertiary/aromatic N) is 4. The number of Topliss-reactive ketones (excluding diaryl/α,β-unsaturated/α-hetero) is 1. The van der Waals surface area contributed by atoms with Gasteiger partial charge in [0.05, 0.1) is 11.4 Å². The van der Waals surface area contributed by atoms with Gasteiger partial charge in [-0.2, -0.15) is 26.3 Å². The number of rotatable bonds is 13. The van der Waals surface area contributed by atoms with Gasteiger partial charge in [0.25, 0.3) is 5.91 Å². The second-order valence-corrected chi connectivity index (χ2v) is 12.6. The van der Waals surface area contributed by atoms with Crippen LogP contribution in [0.2, 0.25) is 0 Å². The number of likely N-dealkylation sites (N-methyl/N-ethyl adjacent to an activating group) is 2. The second-order valence-electron chi connectivity index (χ2n) is 12.6. The van der Waals surface area contributed by atoms with Crippen molar-refractivity contribution in [3.8, 4) is 0 Å². The first-order valence-electron chi connectivity index (χ1n) is 15.9. The third kappa shape index (κ3) is 9.88. The average molecular weight is 682 g/mol. The number of carbonyl (C=O) groups is 3. The van der Waals surface area contributed by atoms with E-state index in [1.54, 1.807) is 54.6 Å². The quantitative estimate of drug-likeness (QED) is 0.284. The molecule has 0 aliphatic carbocycles. The van der Waals surface area contributed by atoms with Crippen LogP contribution in [-0.4, -0.2) is 98.4 Å². The fraction of sp³-hybridized carbons (Fsp3) is 0.529. The maximum Gasteiger partial charge on any atom is 0.389 e. The number of amides is 2. The zero-order chi connectivity index (χ0) is 35.2. The van der Waals surface area contributed by atoms with Crippen LogP contribution in [-0.2, 0) is 14.4 Å². The van der Waals surface area contributed by atoms with Gasteiger partial charge in [0.1, 0.15) is 5.78 Å². The number of aliphatic imine (C=N–C) groups is 1. The van der Waals surface area contributed by atoms with Crippen molar-refractivity contribution in [3.63, 3.8) is 0 Å². The highest BCUT2D eigenvalue weighted by Gasteiger charge is 2.41. The summed E-state index contributed by atoms with van der Waals surface area (Å²) in [7, 11) is 5.29. The van der Waals surface area contributed by atoms with Gasteiger partial charge in [0.2, 0.25) is 12.1 Å². The molecule has 2 amide bonds. The Hall–Kier alpha value is -3.78. The number of nitrogens with one attached hydrogen (secondary N) is 1. The molecule has 4 atom stereocenters. The molecule has 0 radical (unpaired) electrons. The number of ketones is 1. The molecule has 48 heavy (non-hydrogen) atoms. The number of fused-ring (bicyclic) bond motifs is 1. The van der Waals surface area contributed by atoms with E-state index in [0.29, 0.717) is 35.6 Å². The standard InChI is InChI=1S/C34H41F6N5O3/c1-43(2)23-15-19-45(21-23)20-16-28(46)24(13-17-33(35,36)37)25(14-18-34(38,39)40)31(47)42-30-32(48)44(3)27-12-8-7-11-26(27)29(41-30)22-9-5-4-6-10-22/h4-12,23-25,30H,13-21H2,1-3H3,(H,42,47)/t23?,24-,25+,30+/m0/s1. The van der Waals surface area contributed by atoms with E-state index in [2.05, 4.69) is 10.3 Å². The predicted octanol–water partition coefficient (Wildman–Crippen LogP) is 5.46. The van der Waals surface area contributed by atoms with Crippen molar-refractivity contribution in [3.05, 3.63) is 65.7 Å². The Morgan fingerprint density at radius 3 is 2.15 bits per heavy atom. The Kier molecular flexibility index (Phi) is 12.1. The van der Waals surface area contributed by atoms with Crippen LogP contribution in [0.3, 0.4) is 0 Å². The monoisotopic (exact) mass is 681 g/mol. The molecule has 1 saturated heterocycles. The number of anilines is 1. The van der Waals surface area contributed by atoms with Crippen LogP contribution >= 0.6 is 0 Å². The summed E-state index contributed by atoms with van der Waals surface area (Å²) < 4.78 is 80.8. The maximum atomic E-state index is 13.9. The molecule has 1 N–H and O–H groups in total. The summed E-state index contributed by atoms with van der Waals surface area (Å²) in [6.07, 6.45) is -15.2. The molecule has 2 aromatic carbocycles. The fourth-order valence-corrected chi connectivity index (χ4v) is 6.31. The van der Waals surface area contributed by atoms with Crippen LogP contribution in [0.15, 0.2) is 59.6 Å². The Bertz CT molecular complexity index is 1460. The van der Waals surface area contributed by atoms with Crippen LogP contribution in [0.4, 0.5) is 32.0 Å². The molecule has 262 valence electrons. The molecule has 0 spiro atoms. The SMILES string of the molecule is CN1C(=O)[C@@H](NC(=O)[C@H](CCC(F)(F)F)[C@H](CCC(F)(F)F)C(=O)CCN2CCC(N(C)C)C2)N=C(c2ccccc2)c2ccccc21. The molecule has 2 aliphatic heterocycles. The summed E-state index contributed by atoms with van der Waals surface area (Å²) in [5, 5.41) is 2.42. The summed E-state index contributed by atoms with van der Waals surface area (Å²) in [6, 6.07) is 15.8. The predicted molar refractivity (Wildman–Crippen MR) is 170 cm³/mol. The van der Waals surface area contributed by atoms with Crippen molar-refractivity contribution in [1.29, 1.82) is 0 Å². The Balaban J connectivity index is 1.65. The molecule has 0 saturated carbocycles. The minimum atomic E-state index is -4.74. The number of hydrogen-bond donors (Lipinski definition) is 1. The van der Waals surface area contributed by atoms with Gasteiger partial charge < -0.3 is 20.0 Å². The van der Waals surface area contributed by atoms with Crippen LogP contribution in [0.5, 0.6) is 0 Å². The molecule has 8 nitrogen and oxygen atoms in total. The van der Waals surface area contributed by atoms with Crippen molar-refractivity contribution in [2.45, 2.75) is 63.1 Å². The van der Waals surface area contributed by atoms with Gasteiger partial charge in [-0.25, -0.2) is 4.99 Å². The van der Waals surface area contributed by atoms with Crippen molar-refractivity contribution in [1.82, 2.24) is 15.1 Å². The highest BCUT2D eigenvalue weighted by Crippen LogP contribution is 2.34. The highest BCUT2D eigenvalue weighted by atomic mass is 19.4. The van der Waals surface area contributed by atoms with E-state index < -0.39 is 73.6 Å². The molecule has 2 aliphatic rings. The first-order chi connectivity index (χ1) is 22.5. The molecule has 1 fully saturated rings. The second kappa shape index (κ2) is 15.6. The van der Waals surface area contributed by atoms with Gasteiger partial charge in [-0.3, -0.25) is 14.4 Å². The van der Waals surface area contributed by atoms with Gasteiger partial charge >= 0.3 is 12.4 Å². The largest absolute Gasteiger partial charge is 0.389 e. The number of halogens is 6. The fourth-order valence-electron chi connectivity index (χ4n) is 6.31. The summed E-state index contributed by atoms with van der Waals surface area (Å²) >= 11 is 0. The Labute approximate surface area is 276 Å². The molecule has 2 heterocycles. The third-order valence-electron chi connectivity index (χ3n) is 9.04. The number of para-hydroxylation sites is 1. The molecule has 0 bridgehead atoms. The van der Waals surface area contributed by atoms with Gasteiger partial charge in [0.15, 0.2) is 0 Å². The van der Waals surface area contributed by atoms with Crippen molar-refractivity contribution >= 4 is 29.0 Å². The maximum absolute atomic E-state index is 13.9. The molecule has 1 unspecified atom stereocenters. The minimum Gasteiger partial charge on any atom is -0.326 e. The topological polar surface area (TPSA) is 85.3 Å². The summed E-state index contributed by atoms with van der Waals surface area (Å²) in [5.41, 5.74) is 1.94. The van der Waals surface area contributed by atoms with Crippen LogP contribution in [0, 0.1) is 11.8 Å². The lowest BCUT2D eigenvalue weighted by molar-refractivity contribution is -0.152. The minimum absolute atomic E-state index is 0.203. The molecular weight excluding hydrogens is 640 g/mol. The van der Waals surface area contributed by atoms with Crippen molar-refractivity contribution in [2.75, 3.05) is 45.7 Å². The Morgan fingerprint density at radius 1 is 0.938 bits per heavy atom.